The maximum absolute atomic E-state index is 13.5. The van der Waals surface area contributed by atoms with Gasteiger partial charge < -0.3 is 9.72 Å². The Morgan fingerprint density at radius 1 is 1.11 bits per heavy atom. The highest BCUT2D eigenvalue weighted by Gasteiger charge is 2.15. The Morgan fingerprint density at radius 2 is 2.00 bits per heavy atom. The fourth-order valence-electron chi connectivity index (χ4n) is 3.25. The third kappa shape index (κ3) is 3.51. The second kappa shape index (κ2) is 7.15. The number of fused-ring (bicyclic) bond motifs is 1. The first-order chi connectivity index (χ1) is 13.1. The van der Waals surface area contributed by atoms with Crippen LogP contribution in [0.3, 0.4) is 0 Å². The zero-order valence-corrected chi connectivity index (χ0v) is 15.1. The largest absolute Gasteiger partial charge is 0.494 e. The van der Waals surface area contributed by atoms with Crippen LogP contribution in [0.25, 0.3) is 11.0 Å². The molecule has 0 aliphatic heterocycles. The number of H-pyrrole nitrogens is 1. The van der Waals surface area contributed by atoms with E-state index in [2.05, 4.69) is 32.2 Å². The van der Waals surface area contributed by atoms with Gasteiger partial charge in [-0.05, 0) is 41.3 Å². The molecule has 4 aromatic heterocycles. The molecular formula is C21H18FN4O. The van der Waals surface area contributed by atoms with E-state index in [-0.39, 0.29) is 5.82 Å². The quantitative estimate of drug-likeness (QED) is 0.587. The van der Waals surface area contributed by atoms with Crippen molar-refractivity contribution in [2.75, 3.05) is 7.11 Å². The standard InChI is InChI=1S/C21H18FN4O/c1-13-3-19-16(10-26-21(19)25-7-13)6-15-9-24-12-20(27-2)18(15)5-14-4-17(22)11-23-8-14/h3-4,7-11H,5-6H2,1-2H3,(H,25,26). The van der Waals surface area contributed by atoms with Gasteiger partial charge in [-0.25, -0.2) is 9.37 Å². The molecule has 0 unspecified atom stereocenters. The second-order valence-electron chi connectivity index (χ2n) is 6.49. The van der Waals surface area contributed by atoms with Crippen LogP contribution in [0.1, 0.15) is 27.8 Å². The van der Waals surface area contributed by atoms with Crippen LogP contribution in [-0.2, 0) is 12.8 Å². The summed E-state index contributed by atoms with van der Waals surface area (Å²) >= 11 is 0. The SMILES string of the molecule is COc1[c]ncc(Cc2c[nH]c3ncc(C)cc23)c1Cc1cncc(F)c1. The van der Waals surface area contributed by atoms with Crippen LogP contribution < -0.4 is 4.74 Å². The van der Waals surface area contributed by atoms with Gasteiger partial charge in [-0.15, -0.1) is 0 Å². The zero-order chi connectivity index (χ0) is 18.8. The lowest BCUT2D eigenvalue weighted by Gasteiger charge is -2.13. The molecule has 0 saturated heterocycles. The van der Waals surface area contributed by atoms with Crippen molar-refractivity contribution in [2.24, 2.45) is 0 Å². The lowest BCUT2D eigenvalue weighted by Crippen LogP contribution is -2.03. The highest BCUT2D eigenvalue weighted by Crippen LogP contribution is 2.28. The van der Waals surface area contributed by atoms with Gasteiger partial charge >= 0.3 is 0 Å². The Kier molecular flexibility index (Phi) is 4.54. The third-order valence-electron chi connectivity index (χ3n) is 4.53. The summed E-state index contributed by atoms with van der Waals surface area (Å²) in [6.07, 6.45) is 12.5. The Hall–Kier alpha value is -3.28. The molecule has 0 saturated carbocycles. The molecule has 4 heterocycles. The van der Waals surface area contributed by atoms with Crippen LogP contribution in [-0.4, -0.2) is 27.0 Å². The first kappa shape index (κ1) is 17.1. The van der Waals surface area contributed by atoms with Gasteiger partial charge in [0.15, 0.2) is 5.75 Å². The van der Waals surface area contributed by atoms with Gasteiger partial charge in [0.05, 0.1) is 13.3 Å². The number of aromatic nitrogens is 4. The van der Waals surface area contributed by atoms with E-state index in [1.54, 1.807) is 19.5 Å². The van der Waals surface area contributed by atoms with E-state index in [9.17, 15) is 4.39 Å². The molecule has 1 N–H and O–H groups in total. The second-order valence-corrected chi connectivity index (χ2v) is 6.49. The number of pyridine rings is 3. The van der Waals surface area contributed by atoms with Crippen LogP contribution in [0.4, 0.5) is 4.39 Å². The van der Waals surface area contributed by atoms with Gasteiger partial charge in [-0.3, -0.25) is 9.97 Å². The van der Waals surface area contributed by atoms with Crippen molar-refractivity contribution < 1.29 is 9.13 Å². The molecule has 1 radical (unpaired) electrons. The summed E-state index contributed by atoms with van der Waals surface area (Å²) in [7, 11) is 1.59. The minimum Gasteiger partial charge on any atom is -0.494 e. The van der Waals surface area contributed by atoms with E-state index in [0.717, 1.165) is 38.9 Å². The lowest BCUT2D eigenvalue weighted by atomic mass is 9.96. The maximum atomic E-state index is 13.5. The molecule has 4 aromatic rings. The van der Waals surface area contributed by atoms with E-state index in [1.807, 2.05) is 19.3 Å². The number of hydrogen-bond acceptors (Lipinski definition) is 4. The number of aromatic amines is 1. The first-order valence-corrected chi connectivity index (χ1v) is 8.58. The highest BCUT2D eigenvalue weighted by atomic mass is 19.1. The molecular weight excluding hydrogens is 343 g/mol. The molecule has 0 spiro atoms. The molecule has 0 amide bonds. The van der Waals surface area contributed by atoms with Crippen LogP contribution in [0.5, 0.6) is 5.75 Å². The minimum absolute atomic E-state index is 0.357. The molecule has 0 atom stereocenters. The summed E-state index contributed by atoms with van der Waals surface area (Å²) in [6, 6.07) is 3.60. The van der Waals surface area contributed by atoms with Crippen LogP contribution in [0.2, 0.25) is 0 Å². The van der Waals surface area contributed by atoms with Crippen molar-refractivity contribution in [3.8, 4) is 5.75 Å². The van der Waals surface area contributed by atoms with Crippen LogP contribution in [0.15, 0.2) is 43.1 Å². The molecule has 6 heteroatoms. The number of rotatable bonds is 5. The van der Waals surface area contributed by atoms with E-state index in [1.165, 1.54) is 12.3 Å². The van der Waals surface area contributed by atoms with E-state index in [4.69, 9.17) is 4.74 Å². The fraction of sp³-hybridized carbons (Fsp3) is 0.190. The fourth-order valence-corrected chi connectivity index (χ4v) is 3.25. The van der Waals surface area contributed by atoms with Crippen LogP contribution >= 0.6 is 0 Å². The number of methoxy groups -OCH3 is 1. The van der Waals surface area contributed by atoms with Gasteiger partial charge in [0.25, 0.3) is 0 Å². The van der Waals surface area contributed by atoms with E-state index < -0.39 is 0 Å². The van der Waals surface area contributed by atoms with E-state index >= 15 is 0 Å². The number of aryl methyl sites for hydroxylation is 1. The van der Waals surface area contributed by atoms with Crippen molar-refractivity contribution in [2.45, 2.75) is 19.8 Å². The summed E-state index contributed by atoms with van der Waals surface area (Å²) in [5.74, 6) is 0.204. The predicted octanol–water partition coefficient (Wildman–Crippen LogP) is 3.79. The van der Waals surface area contributed by atoms with Gasteiger partial charge in [-0.2, -0.15) is 0 Å². The number of hydrogen-bond donors (Lipinski definition) is 1. The predicted molar refractivity (Wildman–Crippen MR) is 100 cm³/mol. The molecule has 0 fully saturated rings. The van der Waals surface area contributed by atoms with Crippen LogP contribution in [0, 0.1) is 18.9 Å². The lowest BCUT2D eigenvalue weighted by molar-refractivity contribution is 0.406. The highest BCUT2D eigenvalue weighted by molar-refractivity contribution is 5.80. The van der Waals surface area contributed by atoms with Crippen molar-refractivity contribution in [3.05, 3.63) is 82.9 Å². The first-order valence-electron chi connectivity index (χ1n) is 8.58. The number of nitrogens with zero attached hydrogens (tertiary/aromatic N) is 3. The maximum Gasteiger partial charge on any atom is 0.150 e. The van der Waals surface area contributed by atoms with E-state index in [0.29, 0.717) is 18.6 Å². The van der Waals surface area contributed by atoms with Crippen molar-refractivity contribution >= 4 is 11.0 Å². The van der Waals surface area contributed by atoms with Crippen molar-refractivity contribution in [1.82, 2.24) is 19.9 Å². The topological polar surface area (TPSA) is 63.7 Å². The Balaban J connectivity index is 1.75. The zero-order valence-electron chi connectivity index (χ0n) is 15.1. The molecule has 0 aliphatic rings. The molecule has 0 aromatic carbocycles. The molecule has 135 valence electrons. The smallest absolute Gasteiger partial charge is 0.150 e. The average molecular weight is 361 g/mol. The molecule has 0 aliphatic carbocycles. The molecule has 4 rings (SSSR count). The summed E-state index contributed by atoms with van der Waals surface area (Å²) < 4.78 is 19.0. The number of nitrogens with one attached hydrogen (secondary N) is 1. The minimum atomic E-state index is -0.357. The van der Waals surface area contributed by atoms with Gasteiger partial charge in [-0.1, -0.05) is 0 Å². The monoisotopic (exact) mass is 361 g/mol. The summed E-state index contributed by atoms with van der Waals surface area (Å²) in [4.78, 5) is 15.8. The third-order valence-corrected chi connectivity index (χ3v) is 4.53. The number of ether oxygens (including phenoxy) is 1. The van der Waals surface area contributed by atoms with Gasteiger partial charge in [0.2, 0.25) is 0 Å². The van der Waals surface area contributed by atoms with Gasteiger partial charge in [0.1, 0.15) is 17.7 Å². The summed E-state index contributed by atoms with van der Waals surface area (Å²) in [5.41, 5.74) is 5.77. The molecule has 0 bridgehead atoms. The summed E-state index contributed by atoms with van der Waals surface area (Å²) in [5, 5.41) is 1.08. The Morgan fingerprint density at radius 3 is 2.81 bits per heavy atom. The summed E-state index contributed by atoms with van der Waals surface area (Å²) in [6.45, 7) is 2.02. The molecule has 27 heavy (non-hydrogen) atoms. The Bertz CT molecular complexity index is 1110. The Labute approximate surface area is 156 Å². The van der Waals surface area contributed by atoms with Crippen molar-refractivity contribution in [3.63, 3.8) is 0 Å². The van der Waals surface area contributed by atoms with Gasteiger partial charge in [0, 0.05) is 48.6 Å². The average Bonchev–Trinajstić information content (AvgIpc) is 3.05. The number of halogens is 1. The molecule has 5 nitrogen and oxygen atoms in total. The normalized spacial score (nSPS) is 11.1. The van der Waals surface area contributed by atoms with Crippen molar-refractivity contribution in [1.29, 1.82) is 0 Å².